The van der Waals surface area contributed by atoms with Gasteiger partial charge in [-0.1, -0.05) is 32.3 Å². The van der Waals surface area contributed by atoms with Gasteiger partial charge in [-0.2, -0.15) is 3.89 Å². The lowest BCUT2D eigenvalue weighted by molar-refractivity contribution is 0.292. The highest BCUT2D eigenvalue weighted by Gasteiger charge is 2.17. The van der Waals surface area contributed by atoms with Crippen molar-refractivity contribution in [1.29, 1.82) is 0 Å². The first-order chi connectivity index (χ1) is 15.2. The molecule has 166 valence electrons. The number of hydrogen-bond acceptors (Lipinski definition) is 5. The van der Waals surface area contributed by atoms with E-state index in [4.69, 9.17) is 0 Å². The molecular formula is C23H29F2N5S. The number of hydrogen-bond donors (Lipinski definition) is 3. The van der Waals surface area contributed by atoms with Crippen LogP contribution in [0.4, 0.5) is 14.0 Å². The van der Waals surface area contributed by atoms with Crippen molar-refractivity contribution in [1.82, 2.24) is 20.3 Å². The Morgan fingerprint density at radius 2 is 2.10 bits per heavy atom. The number of nitrogens with one attached hydrogen (secondary N) is 3. The van der Waals surface area contributed by atoms with Gasteiger partial charge in [-0.05, 0) is 56.0 Å². The Morgan fingerprint density at radius 3 is 2.84 bits per heavy atom. The molecule has 3 aromatic rings. The van der Waals surface area contributed by atoms with E-state index < -0.39 is 0 Å². The van der Waals surface area contributed by atoms with Gasteiger partial charge in [0.05, 0.1) is 22.7 Å². The smallest absolute Gasteiger partial charge is 0.159 e. The zero-order valence-corrected chi connectivity index (χ0v) is 18.6. The summed E-state index contributed by atoms with van der Waals surface area (Å²) in [6.07, 6.45) is 8.59. The highest BCUT2D eigenvalue weighted by Crippen LogP contribution is 2.34. The van der Waals surface area contributed by atoms with Crippen LogP contribution in [-0.2, 0) is 6.42 Å². The van der Waals surface area contributed by atoms with E-state index in [9.17, 15) is 8.28 Å². The molecule has 2 aromatic heterocycles. The molecule has 31 heavy (non-hydrogen) atoms. The second-order valence-electron chi connectivity index (χ2n) is 8.13. The van der Waals surface area contributed by atoms with Crippen molar-refractivity contribution >= 4 is 29.0 Å². The molecule has 5 nitrogen and oxygen atoms in total. The van der Waals surface area contributed by atoms with E-state index in [0.717, 1.165) is 37.4 Å². The van der Waals surface area contributed by atoms with E-state index in [0.29, 0.717) is 39.7 Å². The number of anilines is 1. The molecule has 0 amide bonds. The first-order valence-electron chi connectivity index (χ1n) is 11.1. The van der Waals surface area contributed by atoms with Gasteiger partial charge in [-0.25, -0.2) is 14.4 Å². The van der Waals surface area contributed by atoms with E-state index in [1.54, 1.807) is 6.07 Å². The Balaban J connectivity index is 1.45. The molecule has 0 saturated heterocycles. The lowest BCUT2D eigenvalue weighted by Crippen LogP contribution is -2.23. The molecule has 1 aliphatic carbocycles. The lowest BCUT2D eigenvalue weighted by atomic mass is 9.83. The number of benzene rings is 1. The standard InChI is InChI=1S/C23H29F2N5S/c1-2-16-7-8-17(24)13-18(16)22-29-21-20(19(31-25)14-28-23(21)30-22)27-11-4-10-26-12-9-15-5-3-6-15/h7-8,13-15,26H,2-6,9-12H2,1H3,(H2,27,28,29,30). The van der Waals surface area contributed by atoms with Gasteiger partial charge in [0.1, 0.15) is 17.2 Å². The van der Waals surface area contributed by atoms with Gasteiger partial charge in [-0.15, -0.1) is 0 Å². The molecule has 0 spiro atoms. The predicted octanol–water partition coefficient (Wildman–Crippen LogP) is 5.88. The highest BCUT2D eigenvalue weighted by molar-refractivity contribution is 7.94. The molecule has 8 heteroatoms. The molecule has 0 unspecified atom stereocenters. The van der Waals surface area contributed by atoms with Crippen LogP contribution in [0.2, 0.25) is 0 Å². The largest absolute Gasteiger partial charge is 0.382 e. The maximum absolute atomic E-state index is 13.9. The fourth-order valence-corrected chi connectivity index (χ4v) is 4.35. The number of aromatic amines is 1. The molecule has 1 aliphatic rings. The normalized spacial score (nSPS) is 14.2. The molecule has 2 heterocycles. The van der Waals surface area contributed by atoms with Crippen LogP contribution >= 0.6 is 12.1 Å². The Morgan fingerprint density at radius 1 is 1.23 bits per heavy atom. The summed E-state index contributed by atoms with van der Waals surface area (Å²) < 4.78 is 27.4. The number of rotatable bonds is 11. The van der Waals surface area contributed by atoms with Crippen molar-refractivity contribution in [3.05, 3.63) is 35.8 Å². The van der Waals surface area contributed by atoms with Crippen molar-refractivity contribution in [2.24, 2.45) is 5.92 Å². The number of aromatic nitrogens is 3. The molecule has 0 atom stereocenters. The van der Waals surface area contributed by atoms with Crippen LogP contribution in [-0.4, -0.2) is 34.6 Å². The summed E-state index contributed by atoms with van der Waals surface area (Å²) in [5, 5.41) is 6.83. The number of aryl methyl sites for hydroxylation is 1. The van der Waals surface area contributed by atoms with Gasteiger partial charge < -0.3 is 15.6 Å². The predicted molar refractivity (Wildman–Crippen MR) is 124 cm³/mol. The third-order valence-corrected chi connectivity index (χ3v) is 6.53. The third kappa shape index (κ3) is 5.18. The second-order valence-corrected chi connectivity index (χ2v) is 8.72. The molecule has 0 bridgehead atoms. The van der Waals surface area contributed by atoms with E-state index in [1.165, 1.54) is 44.0 Å². The van der Waals surface area contributed by atoms with Crippen LogP contribution < -0.4 is 10.6 Å². The number of imidazole rings is 1. The molecule has 1 aromatic carbocycles. The van der Waals surface area contributed by atoms with E-state index >= 15 is 0 Å². The maximum atomic E-state index is 13.9. The Kier molecular flexibility index (Phi) is 7.40. The highest BCUT2D eigenvalue weighted by atomic mass is 32.2. The zero-order chi connectivity index (χ0) is 21.6. The lowest BCUT2D eigenvalue weighted by Gasteiger charge is -2.25. The van der Waals surface area contributed by atoms with E-state index in [2.05, 4.69) is 25.6 Å². The van der Waals surface area contributed by atoms with Crippen LogP contribution in [0.3, 0.4) is 0 Å². The molecular weight excluding hydrogens is 416 g/mol. The first kappa shape index (κ1) is 22.0. The molecule has 4 rings (SSSR count). The van der Waals surface area contributed by atoms with Gasteiger partial charge in [-0.3, -0.25) is 0 Å². The fraction of sp³-hybridized carbons (Fsp3) is 0.478. The second kappa shape index (κ2) is 10.4. The van der Waals surface area contributed by atoms with Crippen molar-refractivity contribution in [3.63, 3.8) is 0 Å². The number of nitrogens with zero attached hydrogens (tertiary/aromatic N) is 2. The van der Waals surface area contributed by atoms with E-state index in [-0.39, 0.29) is 18.0 Å². The van der Waals surface area contributed by atoms with Gasteiger partial charge in [0.25, 0.3) is 0 Å². The summed E-state index contributed by atoms with van der Waals surface area (Å²) in [5.74, 6) is 1.14. The van der Waals surface area contributed by atoms with Gasteiger partial charge in [0, 0.05) is 18.3 Å². The molecule has 1 fully saturated rings. The zero-order valence-electron chi connectivity index (χ0n) is 17.8. The van der Waals surface area contributed by atoms with Crippen LogP contribution in [0.15, 0.2) is 29.3 Å². The third-order valence-electron chi connectivity index (χ3n) is 6.06. The fourth-order valence-electron chi connectivity index (χ4n) is 4.01. The SMILES string of the molecule is CCc1ccc(F)cc1-c1nc2c(NCCCNCCC3CCC3)c(SF)cnc2[nH]1. The summed E-state index contributed by atoms with van der Waals surface area (Å²) in [5.41, 5.74) is 3.45. The van der Waals surface area contributed by atoms with Gasteiger partial charge in [0.15, 0.2) is 5.65 Å². The quantitative estimate of drug-likeness (QED) is 0.321. The van der Waals surface area contributed by atoms with Crippen LogP contribution in [0.25, 0.3) is 22.6 Å². The minimum atomic E-state index is -0.316. The summed E-state index contributed by atoms with van der Waals surface area (Å²) in [7, 11) is 0. The summed E-state index contributed by atoms with van der Waals surface area (Å²) in [6.45, 7) is 4.70. The van der Waals surface area contributed by atoms with Crippen molar-refractivity contribution in [3.8, 4) is 11.4 Å². The average Bonchev–Trinajstić information content (AvgIpc) is 3.18. The van der Waals surface area contributed by atoms with Crippen LogP contribution in [0.5, 0.6) is 0 Å². The van der Waals surface area contributed by atoms with Crippen molar-refractivity contribution in [2.75, 3.05) is 25.0 Å². The molecule has 0 aliphatic heterocycles. The number of pyridine rings is 1. The summed E-state index contributed by atoms with van der Waals surface area (Å²) in [4.78, 5) is 12.5. The topological polar surface area (TPSA) is 65.6 Å². The Bertz CT molecular complexity index is 1020. The summed E-state index contributed by atoms with van der Waals surface area (Å²) >= 11 is 0.155. The molecule has 3 N–H and O–H groups in total. The number of fused-ring (bicyclic) bond motifs is 1. The summed E-state index contributed by atoms with van der Waals surface area (Å²) in [6, 6.07) is 4.70. The van der Waals surface area contributed by atoms with Gasteiger partial charge in [0.2, 0.25) is 0 Å². The van der Waals surface area contributed by atoms with Crippen molar-refractivity contribution < 1.29 is 8.28 Å². The monoisotopic (exact) mass is 445 g/mol. The van der Waals surface area contributed by atoms with Crippen LogP contribution in [0.1, 0.15) is 44.6 Å². The minimum absolute atomic E-state index is 0.155. The maximum Gasteiger partial charge on any atom is 0.159 e. The molecule has 1 saturated carbocycles. The van der Waals surface area contributed by atoms with Gasteiger partial charge >= 0.3 is 0 Å². The molecule has 0 radical (unpaired) electrons. The first-order valence-corrected chi connectivity index (χ1v) is 11.8. The number of halogens is 2. The van der Waals surface area contributed by atoms with Crippen molar-refractivity contribution in [2.45, 2.75) is 50.3 Å². The minimum Gasteiger partial charge on any atom is -0.382 e. The Labute approximate surface area is 186 Å². The Hall–Kier alpha value is -2.19. The van der Waals surface area contributed by atoms with Crippen LogP contribution in [0, 0.1) is 11.7 Å². The average molecular weight is 446 g/mol. The van der Waals surface area contributed by atoms with E-state index in [1.807, 2.05) is 6.92 Å². The number of H-pyrrole nitrogens is 1.